The van der Waals surface area contributed by atoms with Gasteiger partial charge in [0.1, 0.15) is 0 Å². The molecule has 1 aliphatic carbocycles. The summed E-state index contributed by atoms with van der Waals surface area (Å²) >= 11 is 1.51. The molecule has 0 atom stereocenters. The molecule has 5 rings (SSSR count). The molecule has 0 spiro atoms. The first-order valence-corrected chi connectivity index (χ1v) is 11.2. The first-order valence-electron chi connectivity index (χ1n) is 10.3. The van der Waals surface area contributed by atoms with E-state index in [1.807, 2.05) is 29.2 Å². The van der Waals surface area contributed by atoms with E-state index in [0.717, 1.165) is 10.2 Å². The maximum absolute atomic E-state index is 13.3. The molecule has 2 aliphatic rings. The number of piperazine rings is 1. The van der Waals surface area contributed by atoms with Crippen molar-refractivity contribution in [1.29, 1.82) is 0 Å². The fraction of sp³-hybridized carbons (Fsp3) is 0.500. The van der Waals surface area contributed by atoms with Crippen LogP contribution in [0.2, 0.25) is 0 Å². The van der Waals surface area contributed by atoms with E-state index in [0.29, 0.717) is 55.9 Å². The van der Waals surface area contributed by atoms with Gasteiger partial charge < -0.3 is 19.6 Å². The van der Waals surface area contributed by atoms with E-state index in [9.17, 15) is 13.6 Å². The average Bonchev–Trinajstić information content (AvgIpc) is 3.42. The number of nitrogens with zero attached hydrogens (tertiary/aromatic N) is 5. The first kappa shape index (κ1) is 20.1. The topological polar surface area (TPSA) is 87.4 Å². The molecule has 1 N–H and O–H groups in total. The van der Waals surface area contributed by atoms with E-state index in [1.54, 1.807) is 4.90 Å². The summed E-state index contributed by atoms with van der Waals surface area (Å²) in [4.78, 5) is 25.2. The molecular formula is C20H22F2N6O2S. The third kappa shape index (κ3) is 4.32. The lowest BCUT2D eigenvalue weighted by molar-refractivity contribution is -0.0398. The van der Waals surface area contributed by atoms with Crippen LogP contribution < -0.4 is 10.2 Å². The number of nitrogens with one attached hydrogen (secondary N) is 1. The number of rotatable bonds is 3. The highest BCUT2D eigenvalue weighted by Gasteiger charge is 2.36. The Morgan fingerprint density at radius 2 is 1.87 bits per heavy atom. The van der Waals surface area contributed by atoms with Crippen LogP contribution in [0, 0.1) is 0 Å². The third-order valence-corrected chi connectivity index (χ3v) is 6.81. The fourth-order valence-corrected chi connectivity index (χ4v) is 4.84. The van der Waals surface area contributed by atoms with Crippen LogP contribution in [0.1, 0.15) is 25.7 Å². The number of benzene rings is 1. The molecule has 1 saturated heterocycles. The van der Waals surface area contributed by atoms with E-state index < -0.39 is 5.92 Å². The van der Waals surface area contributed by atoms with Gasteiger partial charge in [0.05, 0.1) is 10.2 Å². The molecule has 31 heavy (non-hydrogen) atoms. The monoisotopic (exact) mass is 448 g/mol. The van der Waals surface area contributed by atoms with Gasteiger partial charge in [0.15, 0.2) is 5.01 Å². The summed E-state index contributed by atoms with van der Waals surface area (Å²) in [5.74, 6) is -2.15. The average molecular weight is 448 g/mol. The molecule has 2 amide bonds. The smallest absolute Gasteiger partial charge is 0.324 e. The number of carbonyl (C=O) groups is 1. The maximum Gasteiger partial charge on any atom is 0.324 e. The molecule has 164 valence electrons. The van der Waals surface area contributed by atoms with E-state index in [4.69, 9.17) is 4.52 Å². The number of hydrogen-bond acceptors (Lipinski definition) is 7. The van der Waals surface area contributed by atoms with E-state index in [2.05, 4.69) is 20.4 Å². The van der Waals surface area contributed by atoms with Crippen molar-refractivity contribution >= 4 is 33.6 Å². The van der Waals surface area contributed by atoms with Gasteiger partial charge in [-0.1, -0.05) is 17.3 Å². The molecule has 0 radical (unpaired) electrons. The zero-order valence-corrected chi connectivity index (χ0v) is 17.6. The summed E-state index contributed by atoms with van der Waals surface area (Å²) in [6, 6.07) is 7.87. The molecule has 3 heterocycles. The van der Waals surface area contributed by atoms with Crippen molar-refractivity contribution in [2.24, 2.45) is 0 Å². The number of hydrogen-bond donors (Lipinski definition) is 1. The number of carbonyl (C=O) groups excluding carboxylic acids is 1. The highest BCUT2D eigenvalue weighted by atomic mass is 32.1. The fourth-order valence-electron chi connectivity index (χ4n) is 3.95. The summed E-state index contributed by atoms with van der Waals surface area (Å²) < 4.78 is 33.1. The number of halogens is 2. The van der Waals surface area contributed by atoms with Crippen LogP contribution in [0.25, 0.3) is 21.0 Å². The number of thiazole rings is 1. The number of aromatic nitrogens is 3. The van der Waals surface area contributed by atoms with Gasteiger partial charge in [-0.15, -0.1) is 11.3 Å². The lowest BCUT2D eigenvalue weighted by Crippen LogP contribution is -2.54. The van der Waals surface area contributed by atoms with Crippen molar-refractivity contribution in [3.63, 3.8) is 0 Å². The van der Waals surface area contributed by atoms with E-state index in [-0.39, 0.29) is 24.9 Å². The summed E-state index contributed by atoms with van der Waals surface area (Å²) in [5, 5.41) is 7.66. The molecule has 0 unspecified atom stereocenters. The van der Waals surface area contributed by atoms with Crippen molar-refractivity contribution in [1.82, 2.24) is 25.3 Å². The van der Waals surface area contributed by atoms with Gasteiger partial charge in [0.25, 0.3) is 0 Å². The Balaban J connectivity index is 1.16. The number of fused-ring (bicyclic) bond motifs is 1. The van der Waals surface area contributed by atoms with Crippen LogP contribution >= 0.6 is 11.3 Å². The molecule has 1 aliphatic heterocycles. The quantitative estimate of drug-likeness (QED) is 0.657. The van der Waals surface area contributed by atoms with Crippen molar-refractivity contribution in [2.75, 3.05) is 31.1 Å². The van der Waals surface area contributed by atoms with Crippen molar-refractivity contribution in [2.45, 2.75) is 37.6 Å². The van der Waals surface area contributed by atoms with Crippen molar-refractivity contribution in [3.8, 4) is 10.8 Å². The van der Waals surface area contributed by atoms with Crippen LogP contribution in [0.15, 0.2) is 28.8 Å². The largest absolute Gasteiger partial charge is 0.335 e. The summed E-state index contributed by atoms with van der Waals surface area (Å²) in [5.41, 5.74) is 0.898. The number of amides is 2. The van der Waals surface area contributed by atoms with Crippen LogP contribution in [-0.4, -0.2) is 64.2 Å². The number of anilines is 1. The minimum Gasteiger partial charge on any atom is -0.335 e. The minimum atomic E-state index is -2.60. The van der Waals surface area contributed by atoms with E-state index >= 15 is 0 Å². The lowest BCUT2D eigenvalue weighted by Gasteiger charge is -2.35. The van der Waals surface area contributed by atoms with Gasteiger partial charge in [-0.25, -0.2) is 18.6 Å². The maximum atomic E-state index is 13.3. The van der Waals surface area contributed by atoms with Gasteiger partial charge in [0, 0.05) is 45.1 Å². The Labute approximate surface area is 181 Å². The second kappa shape index (κ2) is 8.03. The van der Waals surface area contributed by atoms with Gasteiger partial charge in [-0.3, -0.25) is 0 Å². The van der Waals surface area contributed by atoms with Crippen LogP contribution in [0.4, 0.5) is 19.6 Å². The van der Waals surface area contributed by atoms with Gasteiger partial charge >= 0.3 is 12.0 Å². The Hall–Kier alpha value is -2.82. The molecule has 11 heteroatoms. The summed E-state index contributed by atoms with van der Waals surface area (Å²) in [7, 11) is 0. The number of urea groups is 1. The molecule has 1 aromatic carbocycles. The Morgan fingerprint density at radius 3 is 2.61 bits per heavy atom. The minimum absolute atomic E-state index is 0.167. The number of para-hydroxylation sites is 1. The third-order valence-electron chi connectivity index (χ3n) is 5.78. The predicted molar refractivity (Wildman–Crippen MR) is 112 cm³/mol. The number of alkyl halides is 2. The predicted octanol–water partition coefficient (Wildman–Crippen LogP) is 3.76. The van der Waals surface area contributed by atoms with Crippen LogP contribution in [0.5, 0.6) is 0 Å². The lowest BCUT2D eigenvalue weighted by atomic mass is 9.92. The van der Waals surface area contributed by atoms with Gasteiger partial charge in [-0.2, -0.15) is 4.98 Å². The SMILES string of the molecule is O=C(NC1CCC(F)(F)CC1)N1CCN(c2nc(-c3nc4ccccc4s3)no2)CC1. The first-order chi connectivity index (χ1) is 15.0. The van der Waals surface area contributed by atoms with Crippen molar-refractivity contribution < 1.29 is 18.1 Å². The molecule has 2 aromatic heterocycles. The zero-order chi connectivity index (χ0) is 21.4. The van der Waals surface area contributed by atoms with Crippen molar-refractivity contribution in [3.05, 3.63) is 24.3 Å². The van der Waals surface area contributed by atoms with Gasteiger partial charge in [-0.05, 0) is 25.0 Å². The normalized spacial score (nSPS) is 19.7. The van der Waals surface area contributed by atoms with Crippen LogP contribution in [0.3, 0.4) is 0 Å². The van der Waals surface area contributed by atoms with Crippen LogP contribution in [-0.2, 0) is 0 Å². The summed E-state index contributed by atoms with van der Waals surface area (Å²) in [6.07, 6.45) is 0.296. The Bertz CT molecular complexity index is 1040. The molecule has 1 saturated carbocycles. The molecule has 3 aromatic rings. The Morgan fingerprint density at radius 1 is 1.13 bits per heavy atom. The Kier molecular flexibility index (Phi) is 5.20. The molecular weight excluding hydrogens is 426 g/mol. The second-order valence-electron chi connectivity index (χ2n) is 7.94. The standard InChI is InChI=1S/C20H22F2N6O2S/c21-20(22)7-5-13(6-8-20)23-18(29)27-9-11-28(12-10-27)19-25-16(26-30-19)17-24-14-3-1-2-4-15(14)31-17/h1-4,13H,5-12H2,(H,23,29). The molecule has 8 nitrogen and oxygen atoms in total. The van der Waals surface area contributed by atoms with Gasteiger partial charge in [0.2, 0.25) is 11.7 Å². The molecule has 0 bridgehead atoms. The molecule has 2 fully saturated rings. The van der Waals surface area contributed by atoms with E-state index in [1.165, 1.54) is 11.3 Å². The highest BCUT2D eigenvalue weighted by molar-refractivity contribution is 7.21. The second-order valence-corrected chi connectivity index (χ2v) is 8.97. The highest BCUT2D eigenvalue weighted by Crippen LogP contribution is 2.33. The zero-order valence-electron chi connectivity index (χ0n) is 16.8. The summed E-state index contributed by atoms with van der Waals surface area (Å²) in [6.45, 7) is 2.09.